The number of aryl methyl sites for hydroxylation is 1. The molecule has 38 heavy (non-hydrogen) atoms. The van der Waals surface area contributed by atoms with E-state index in [0.717, 1.165) is 21.7 Å². The van der Waals surface area contributed by atoms with E-state index in [-0.39, 0.29) is 22.0 Å². The summed E-state index contributed by atoms with van der Waals surface area (Å²) in [5, 5.41) is 3.21. The Labute approximate surface area is 235 Å². The van der Waals surface area contributed by atoms with Crippen LogP contribution >= 0.6 is 22.9 Å². The topological polar surface area (TPSA) is 20.1 Å². The highest BCUT2D eigenvalue weighted by molar-refractivity contribution is 7.14. The minimum Gasteiger partial charge on any atom is -0.358 e. The number of likely N-dealkylation sites (tertiary alicyclic amines) is 1. The van der Waals surface area contributed by atoms with Crippen LogP contribution in [0.25, 0.3) is 16.5 Å². The van der Waals surface area contributed by atoms with Crippen LogP contribution in [0, 0.1) is 17.8 Å². The molecule has 0 radical (unpaired) electrons. The predicted molar refractivity (Wildman–Crippen MR) is 162 cm³/mol. The highest BCUT2D eigenvalue weighted by atomic mass is 35.5. The number of carbonyl (C=O) groups excluding carboxylic acids is 1. The molecule has 2 unspecified atom stereocenters. The number of ketones is 1. The van der Waals surface area contributed by atoms with Crippen LogP contribution in [0.2, 0.25) is 5.02 Å². The lowest BCUT2D eigenvalue weighted by Gasteiger charge is -2.33. The molecule has 4 heteroatoms. The molecular weight excluding hydrogens is 506 g/mol. The Morgan fingerprint density at radius 3 is 2.03 bits per heavy atom. The number of hydrogen-bond donors (Lipinski definition) is 0. The van der Waals surface area contributed by atoms with Gasteiger partial charge in [-0.05, 0) is 53.0 Å². The molecule has 0 spiro atoms. The van der Waals surface area contributed by atoms with Gasteiger partial charge >= 0.3 is 0 Å². The fourth-order valence-corrected chi connectivity index (χ4v) is 7.70. The number of nitrogens with zero attached hydrogens (tertiary/aromatic N) is 1. The minimum atomic E-state index is -0.250. The maximum Gasteiger partial charge on any atom is 0.186 e. The van der Waals surface area contributed by atoms with Gasteiger partial charge in [-0.25, -0.2) is 0 Å². The highest BCUT2D eigenvalue weighted by Crippen LogP contribution is 2.71. The first-order valence-corrected chi connectivity index (χ1v) is 14.7. The lowest BCUT2D eigenvalue weighted by Crippen LogP contribution is -2.31. The van der Waals surface area contributed by atoms with E-state index in [9.17, 15) is 4.79 Å². The van der Waals surface area contributed by atoms with E-state index >= 15 is 0 Å². The van der Waals surface area contributed by atoms with Gasteiger partial charge in [0.05, 0.1) is 22.7 Å². The van der Waals surface area contributed by atoms with E-state index in [1.165, 1.54) is 31.8 Å². The quantitative estimate of drug-likeness (QED) is 0.308. The molecule has 2 atom stereocenters. The summed E-state index contributed by atoms with van der Waals surface area (Å²) < 4.78 is 0. The van der Waals surface area contributed by atoms with E-state index in [0.29, 0.717) is 12.1 Å². The first-order chi connectivity index (χ1) is 17.7. The second-order valence-corrected chi connectivity index (χ2v) is 15.0. The summed E-state index contributed by atoms with van der Waals surface area (Å²) in [7, 11) is 0. The smallest absolute Gasteiger partial charge is 0.186 e. The SMILES string of the molecule is Cc1sc(C(=C2C=C(C(C)(C)C)C(=O)C(C(C)(C)C)=C2)N2C3C2C3(C)c2ccccc2)c2ccc(Cl)cc12. The van der Waals surface area contributed by atoms with Crippen molar-refractivity contribution < 1.29 is 4.79 Å². The largest absolute Gasteiger partial charge is 0.358 e. The Morgan fingerprint density at radius 2 is 1.47 bits per heavy atom. The second-order valence-electron chi connectivity index (χ2n) is 13.4. The van der Waals surface area contributed by atoms with Crippen LogP contribution < -0.4 is 0 Å². The molecule has 196 valence electrons. The summed E-state index contributed by atoms with van der Waals surface area (Å²) in [6.07, 6.45) is 4.36. The molecule has 0 N–H and O–H groups in total. The van der Waals surface area contributed by atoms with Crippen molar-refractivity contribution in [2.75, 3.05) is 0 Å². The monoisotopic (exact) mass is 541 g/mol. The summed E-state index contributed by atoms with van der Waals surface area (Å²) in [4.78, 5) is 18.9. The average Bonchev–Trinajstić information content (AvgIpc) is 3.71. The molecule has 0 amide bonds. The van der Waals surface area contributed by atoms with Crippen LogP contribution in [-0.4, -0.2) is 22.8 Å². The van der Waals surface area contributed by atoms with Crippen LogP contribution in [0.4, 0.5) is 0 Å². The van der Waals surface area contributed by atoms with Crippen molar-refractivity contribution in [3.05, 3.63) is 97.7 Å². The number of allylic oxidation sites excluding steroid dienone is 5. The zero-order valence-electron chi connectivity index (χ0n) is 23.6. The van der Waals surface area contributed by atoms with Gasteiger partial charge in [-0.1, -0.05) is 96.5 Å². The average molecular weight is 542 g/mol. The molecule has 2 heterocycles. The maximum absolute atomic E-state index is 13.7. The van der Waals surface area contributed by atoms with E-state index in [1.807, 2.05) is 17.4 Å². The molecule has 3 aromatic rings. The fraction of sp³-hybridized carbons (Fsp3) is 0.382. The Hall–Kier alpha value is -2.62. The van der Waals surface area contributed by atoms with Crippen molar-refractivity contribution in [3.8, 4) is 0 Å². The van der Waals surface area contributed by atoms with Crippen molar-refractivity contribution in [2.24, 2.45) is 10.8 Å². The Bertz CT molecular complexity index is 1540. The first kappa shape index (κ1) is 25.6. The van der Waals surface area contributed by atoms with Crippen molar-refractivity contribution in [3.63, 3.8) is 0 Å². The van der Waals surface area contributed by atoms with Crippen LogP contribution in [-0.2, 0) is 10.2 Å². The molecule has 6 rings (SSSR count). The van der Waals surface area contributed by atoms with Gasteiger partial charge in [-0.3, -0.25) is 4.79 Å². The van der Waals surface area contributed by atoms with Crippen LogP contribution in [0.15, 0.2) is 77.4 Å². The molecule has 2 aromatic carbocycles. The summed E-state index contributed by atoms with van der Waals surface area (Å²) in [6, 6.07) is 18.1. The van der Waals surface area contributed by atoms with Crippen molar-refractivity contribution in [1.82, 2.24) is 4.90 Å². The van der Waals surface area contributed by atoms with Crippen LogP contribution in [0.1, 0.15) is 63.8 Å². The molecule has 2 nitrogen and oxygen atoms in total. The Morgan fingerprint density at radius 1 is 0.895 bits per heavy atom. The molecule has 1 saturated heterocycles. The van der Waals surface area contributed by atoms with E-state index in [1.54, 1.807) is 0 Å². The molecule has 3 aliphatic rings. The molecule has 1 aromatic heterocycles. The van der Waals surface area contributed by atoms with Gasteiger partial charge in [-0.15, -0.1) is 11.3 Å². The third-order valence-corrected chi connectivity index (χ3v) is 10.0. The summed E-state index contributed by atoms with van der Waals surface area (Å²) in [5.41, 5.74) is 5.26. The van der Waals surface area contributed by atoms with Crippen molar-refractivity contribution in [1.29, 1.82) is 0 Å². The molecule has 0 bridgehead atoms. The molecule has 1 saturated carbocycles. The highest BCUT2D eigenvalue weighted by Gasteiger charge is 2.82. The number of halogens is 1. The van der Waals surface area contributed by atoms with E-state index in [2.05, 4.69) is 115 Å². The maximum atomic E-state index is 13.7. The first-order valence-electron chi connectivity index (χ1n) is 13.5. The van der Waals surface area contributed by atoms with Crippen molar-refractivity contribution >= 4 is 45.2 Å². The van der Waals surface area contributed by atoms with Gasteiger partial charge < -0.3 is 4.90 Å². The molecule has 1 aliphatic heterocycles. The molecular formula is C34H36ClNOS. The standard InChI is InChI=1S/C34H36ClNOS/c1-19-24-18-22(35)14-15-23(24)29(38-19)27(36-30-31(36)34(30,8)21-12-10-9-11-13-21)20-16-25(32(2,3)4)28(37)26(17-20)33(5,6)7/h9-18,30-31H,1-8H3. The lowest BCUT2D eigenvalue weighted by atomic mass is 9.71. The normalized spacial score (nSPS) is 24.8. The third-order valence-electron chi connectivity index (χ3n) is 8.64. The number of hydrogen-bond acceptors (Lipinski definition) is 3. The van der Waals surface area contributed by atoms with Gasteiger partial charge in [0.25, 0.3) is 0 Å². The number of Topliss-reactive ketones (excluding diaryl/α,β-unsaturated/α-hetero) is 1. The van der Waals surface area contributed by atoms with E-state index < -0.39 is 0 Å². The second kappa shape index (κ2) is 8.19. The van der Waals surface area contributed by atoms with Gasteiger partial charge in [0.2, 0.25) is 0 Å². The van der Waals surface area contributed by atoms with E-state index in [4.69, 9.17) is 11.6 Å². The summed E-state index contributed by atoms with van der Waals surface area (Å²) in [6.45, 7) is 17.5. The zero-order chi connectivity index (χ0) is 27.4. The van der Waals surface area contributed by atoms with Crippen molar-refractivity contribution in [2.45, 2.75) is 72.9 Å². The van der Waals surface area contributed by atoms with Crippen LogP contribution in [0.5, 0.6) is 0 Å². The number of benzene rings is 2. The van der Waals surface area contributed by atoms with Gasteiger partial charge in [0.1, 0.15) is 0 Å². The summed E-state index contributed by atoms with van der Waals surface area (Å²) >= 11 is 8.26. The fourth-order valence-electron chi connectivity index (χ4n) is 6.33. The third kappa shape index (κ3) is 3.77. The summed E-state index contributed by atoms with van der Waals surface area (Å²) in [5.74, 6) is 0.178. The van der Waals surface area contributed by atoms with Crippen LogP contribution in [0.3, 0.4) is 0 Å². The lowest BCUT2D eigenvalue weighted by molar-refractivity contribution is -0.114. The van der Waals surface area contributed by atoms with Gasteiger partial charge in [0, 0.05) is 37.4 Å². The number of rotatable bonds is 3. The minimum absolute atomic E-state index is 0.163. The Balaban J connectivity index is 1.58. The van der Waals surface area contributed by atoms with Gasteiger partial charge in [-0.2, -0.15) is 0 Å². The Kier molecular flexibility index (Phi) is 5.53. The number of carbonyl (C=O) groups is 1. The number of fused-ring (bicyclic) bond motifs is 2. The zero-order valence-corrected chi connectivity index (χ0v) is 25.1. The molecule has 2 aliphatic carbocycles. The van der Waals surface area contributed by atoms with Gasteiger partial charge in [0.15, 0.2) is 5.78 Å². The predicted octanol–water partition coefficient (Wildman–Crippen LogP) is 9.13. The molecule has 2 fully saturated rings. The number of thiophene rings is 1.